The van der Waals surface area contributed by atoms with Crippen molar-refractivity contribution in [2.75, 3.05) is 6.54 Å². The Morgan fingerprint density at radius 2 is 2.32 bits per heavy atom. The number of nitrogens with zero attached hydrogens (tertiary/aromatic N) is 1. The van der Waals surface area contributed by atoms with E-state index in [2.05, 4.69) is 21.4 Å². The van der Waals surface area contributed by atoms with E-state index in [0.717, 1.165) is 25.7 Å². The van der Waals surface area contributed by atoms with Gasteiger partial charge < -0.3 is 10.3 Å². The summed E-state index contributed by atoms with van der Waals surface area (Å²) in [5, 5.41) is 2.83. The quantitative estimate of drug-likeness (QED) is 0.804. The number of allylic oxidation sites excluding steroid dienone is 1. The molecule has 2 N–H and O–H groups in total. The van der Waals surface area contributed by atoms with Gasteiger partial charge >= 0.3 is 0 Å². The highest BCUT2D eigenvalue weighted by Crippen LogP contribution is 2.37. The third-order valence-corrected chi connectivity index (χ3v) is 3.57. The van der Waals surface area contributed by atoms with E-state index < -0.39 is 0 Å². The Morgan fingerprint density at radius 1 is 1.47 bits per heavy atom. The first-order valence-electron chi connectivity index (χ1n) is 6.80. The highest BCUT2D eigenvalue weighted by atomic mass is 16.2. The zero-order valence-electron chi connectivity index (χ0n) is 10.7. The van der Waals surface area contributed by atoms with Crippen molar-refractivity contribution in [2.24, 2.45) is 0 Å². The normalized spacial score (nSPS) is 18.2. The van der Waals surface area contributed by atoms with Crippen LogP contribution >= 0.6 is 0 Å². The van der Waals surface area contributed by atoms with Gasteiger partial charge in [-0.3, -0.25) is 9.59 Å². The standard InChI is InChI=1S/C14H17N3O2/c18-12-7-11(16-13(17-12)10-5-6-10)14(19)15-8-9-3-1-2-4-9/h3,7,10H,1-2,4-6,8H2,(H,15,19)(H,16,17,18). The summed E-state index contributed by atoms with van der Waals surface area (Å²) in [6.07, 6.45) is 7.57. The third kappa shape index (κ3) is 2.92. The van der Waals surface area contributed by atoms with Crippen LogP contribution in [0.4, 0.5) is 0 Å². The predicted octanol–water partition coefficient (Wildman–Crippen LogP) is 1.49. The number of aromatic nitrogens is 2. The molecular weight excluding hydrogens is 242 g/mol. The first-order valence-corrected chi connectivity index (χ1v) is 6.80. The number of amides is 1. The van der Waals surface area contributed by atoms with Crippen LogP contribution in [0.5, 0.6) is 0 Å². The van der Waals surface area contributed by atoms with Gasteiger partial charge in [0.05, 0.1) is 0 Å². The minimum atomic E-state index is -0.263. The Morgan fingerprint density at radius 3 is 3.00 bits per heavy atom. The maximum absolute atomic E-state index is 12.0. The SMILES string of the molecule is O=C(NCC1=CCCC1)c1cc(=O)[nH]c(C2CC2)n1. The minimum Gasteiger partial charge on any atom is -0.347 e. The van der Waals surface area contributed by atoms with E-state index >= 15 is 0 Å². The maximum atomic E-state index is 12.0. The number of nitrogens with one attached hydrogen (secondary N) is 2. The average Bonchev–Trinajstić information content (AvgIpc) is 3.13. The van der Waals surface area contributed by atoms with Gasteiger partial charge in [-0.25, -0.2) is 4.98 Å². The molecule has 1 amide bonds. The van der Waals surface area contributed by atoms with Crippen molar-refractivity contribution >= 4 is 5.91 Å². The van der Waals surface area contributed by atoms with E-state index in [4.69, 9.17) is 0 Å². The topological polar surface area (TPSA) is 74.8 Å². The summed E-state index contributed by atoms with van der Waals surface area (Å²) >= 11 is 0. The molecule has 0 saturated heterocycles. The van der Waals surface area contributed by atoms with E-state index in [9.17, 15) is 9.59 Å². The Kier molecular flexibility index (Phi) is 3.19. The fourth-order valence-corrected chi connectivity index (χ4v) is 2.33. The van der Waals surface area contributed by atoms with E-state index in [1.165, 1.54) is 18.1 Å². The number of aromatic amines is 1. The molecule has 0 unspecified atom stereocenters. The van der Waals surface area contributed by atoms with Crippen molar-refractivity contribution in [3.05, 3.63) is 39.6 Å². The fourth-order valence-electron chi connectivity index (χ4n) is 2.33. The second kappa shape index (κ2) is 4.99. The van der Waals surface area contributed by atoms with Crippen LogP contribution in [-0.4, -0.2) is 22.4 Å². The molecule has 3 rings (SSSR count). The van der Waals surface area contributed by atoms with Crippen LogP contribution < -0.4 is 10.9 Å². The van der Waals surface area contributed by atoms with Gasteiger partial charge in [0, 0.05) is 18.5 Å². The molecule has 5 heteroatoms. The second-order valence-electron chi connectivity index (χ2n) is 5.23. The van der Waals surface area contributed by atoms with E-state index in [-0.39, 0.29) is 17.2 Å². The first-order chi connectivity index (χ1) is 9.22. The van der Waals surface area contributed by atoms with Crippen molar-refractivity contribution in [3.63, 3.8) is 0 Å². The molecule has 100 valence electrons. The lowest BCUT2D eigenvalue weighted by Crippen LogP contribution is -2.28. The molecule has 0 bridgehead atoms. The zero-order chi connectivity index (χ0) is 13.2. The van der Waals surface area contributed by atoms with Crippen LogP contribution in [0.15, 0.2) is 22.5 Å². The molecule has 1 aromatic heterocycles. The molecule has 19 heavy (non-hydrogen) atoms. The van der Waals surface area contributed by atoms with Gasteiger partial charge in [0.25, 0.3) is 11.5 Å². The highest BCUT2D eigenvalue weighted by molar-refractivity contribution is 5.92. The molecule has 5 nitrogen and oxygen atoms in total. The highest BCUT2D eigenvalue weighted by Gasteiger charge is 2.27. The van der Waals surface area contributed by atoms with E-state index in [1.54, 1.807) is 0 Å². The van der Waals surface area contributed by atoms with Crippen LogP contribution in [0.25, 0.3) is 0 Å². The lowest BCUT2D eigenvalue weighted by atomic mass is 10.2. The molecular formula is C14H17N3O2. The maximum Gasteiger partial charge on any atom is 0.270 e. The lowest BCUT2D eigenvalue weighted by molar-refractivity contribution is 0.0951. The van der Waals surface area contributed by atoms with Gasteiger partial charge in [-0.15, -0.1) is 0 Å². The van der Waals surface area contributed by atoms with Gasteiger partial charge in [-0.2, -0.15) is 0 Å². The van der Waals surface area contributed by atoms with Gasteiger partial charge in [0.1, 0.15) is 11.5 Å². The molecule has 1 fully saturated rings. The minimum absolute atomic E-state index is 0.226. The van der Waals surface area contributed by atoms with Crippen molar-refractivity contribution in [2.45, 2.75) is 38.0 Å². The molecule has 1 saturated carbocycles. The van der Waals surface area contributed by atoms with E-state index in [0.29, 0.717) is 18.3 Å². The molecule has 2 aliphatic carbocycles. The van der Waals surface area contributed by atoms with Gasteiger partial charge in [-0.05, 0) is 32.1 Å². The largest absolute Gasteiger partial charge is 0.347 e. The van der Waals surface area contributed by atoms with Crippen molar-refractivity contribution in [1.82, 2.24) is 15.3 Å². The fraction of sp³-hybridized carbons (Fsp3) is 0.500. The van der Waals surface area contributed by atoms with Gasteiger partial charge in [0.2, 0.25) is 0 Å². The molecule has 0 radical (unpaired) electrons. The smallest absolute Gasteiger partial charge is 0.270 e. The summed E-state index contributed by atoms with van der Waals surface area (Å²) in [5.74, 6) is 0.719. The average molecular weight is 259 g/mol. The summed E-state index contributed by atoms with van der Waals surface area (Å²) in [4.78, 5) is 30.5. The third-order valence-electron chi connectivity index (χ3n) is 3.57. The molecule has 0 atom stereocenters. The first kappa shape index (κ1) is 12.1. The Labute approximate surface area is 111 Å². The number of carbonyl (C=O) groups is 1. The summed E-state index contributed by atoms with van der Waals surface area (Å²) in [5.41, 5.74) is 1.24. The van der Waals surface area contributed by atoms with Crippen LogP contribution in [0.1, 0.15) is 54.3 Å². The molecule has 0 aliphatic heterocycles. The summed E-state index contributed by atoms with van der Waals surface area (Å²) < 4.78 is 0. The number of hydrogen-bond acceptors (Lipinski definition) is 3. The van der Waals surface area contributed by atoms with Gasteiger partial charge in [0.15, 0.2) is 0 Å². The van der Waals surface area contributed by atoms with Crippen LogP contribution in [0, 0.1) is 0 Å². The number of rotatable bonds is 4. The molecule has 1 heterocycles. The number of carbonyl (C=O) groups excluding carboxylic acids is 1. The van der Waals surface area contributed by atoms with Crippen LogP contribution in [0.3, 0.4) is 0 Å². The van der Waals surface area contributed by atoms with E-state index in [1.807, 2.05) is 0 Å². The predicted molar refractivity (Wildman–Crippen MR) is 71.1 cm³/mol. The van der Waals surface area contributed by atoms with Crippen molar-refractivity contribution < 1.29 is 4.79 Å². The Bertz CT molecular complexity index is 585. The summed E-state index contributed by atoms with van der Waals surface area (Å²) in [6, 6.07) is 1.27. The van der Waals surface area contributed by atoms with Crippen molar-refractivity contribution in [1.29, 1.82) is 0 Å². The Hall–Kier alpha value is -1.91. The lowest BCUT2D eigenvalue weighted by Gasteiger charge is -2.06. The van der Waals surface area contributed by atoms with Crippen molar-refractivity contribution in [3.8, 4) is 0 Å². The van der Waals surface area contributed by atoms with Gasteiger partial charge in [-0.1, -0.05) is 11.6 Å². The zero-order valence-corrected chi connectivity index (χ0v) is 10.7. The second-order valence-corrected chi connectivity index (χ2v) is 5.23. The molecule has 1 aromatic rings. The van der Waals surface area contributed by atoms with Crippen LogP contribution in [0.2, 0.25) is 0 Å². The molecule has 0 spiro atoms. The number of H-pyrrole nitrogens is 1. The van der Waals surface area contributed by atoms with Crippen LogP contribution in [-0.2, 0) is 0 Å². The number of hydrogen-bond donors (Lipinski definition) is 2. The molecule has 0 aromatic carbocycles. The monoisotopic (exact) mass is 259 g/mol. The Balaban J connectivity index is 1.70. The molecule has 2 aliphatic rings. The summed E-state index contributed by atoms with van der Waals surface area (Å²) in [6.45, 7) is 0.562. The summed E-state index contributed by atoms with van der Waals surface area (Å²) in [7, 11) is 0.